The SMILES string of the molecule is CCOc1ccc(S(=O)(=O)NNS(=O)(=O)c2ccc(C#N)cc2)cc1. The predicted octanol–water partition coefficient (Wildman–Crippen LogP) is 1.13. The Morgan fingerprint density at radius 2 is 1.32 bits per heavy atom. The molecule has 0 unspecified atom stereocenters. The van der Waals surface area contributed by atoms with Crippen LogP contribution in [0.25, 0.3) is 0 Å². The summed E-state index contributed by atoms with van der Waals surface area (Å²) in [4.78, 5) is 3.33. The minimum absolute atomic E-state index is 0.126. The Morgan fingerprint density at radius 1 is 0.880 bits per heavy atom. The Labute approximate surface area is 146 Å². The number of nitrogens with zero attached hydrogens (tertiary/aromatic N) is 1. The van der Waals surface area contributed by atoms with Gasteiger partial charge in [0.1, 0.15) is 5.75 Å². The molecule has 0 fully saturated rings. The van der Waals surface area contributed by atoms with Gasteiger partial charge in [-0.1, -0.05) is 0 Å². The minimum Gasteiger partial charge on any atom is -0.494 e. The van der Waals surface area contributed by atoms with Crippen LogP contribution in [0.15, 0.2) is 58.3 Å². The molecule has 0 bridgehead atoms. The molecule has 2 N–H and O–H groups in total. The molecule has 0 aliphatic carbocycles. The number of hydrogen-bond acceptors (Lipinski definition) is 6. The topological polar surface area (TPSA) is 125 Å². The van der Waals surface area contributed by atoms with E-state index in [0.29, 0.717) is 12.4 Å². The van der Waals surface area contributed by atoms with E-state index in [-0.39, 0.29) is 15.4 Å². The predicted molar refractivity (Wildman–Crippen MR) is 89.4 cm³/mol. The van der Waals surface area contributed by atoms with Crippen molar-refractivity contribution < 1.29 is 21.6 Å². The summed E-state index contributed by atoms with van der Waals surface area (Å²) in [5.41, 5.74) is 0.286. The number of rotatable bonds is 7. The zero-order valence-corrected chi connectivity index (χ0v) is 14.8. The second-order valence-electron chi connectivity index (χ2n) is 4.75. The average Bonchev–Trinajstić information content (AvgIpc) is 2.61. The number of hydrazine groups is 1. The van der Waals surface area contributed by atoms with Crippen molar-refractivity contribution in [2.75, 3.05) is 6.61 Å². The standard InChI is InChI=1S/C15H15N3O5S2/c1-2-23-13-5-9-15(10-6-13)25(21,22)18-17-24(19,20)14-7-3-12(11-16)4-8-14/h3-10,17-18H,2H2,1H3. The van der Waals surface area contributed by atoms with Crippen LogP contribution in [0.1, 0.15) is 12.5 Å². The van der Waals surface area contributed by atoms with E-state index in [9.17, 15) is 16.8 Å². The third-order valence-corrected chi connectivity index (χ3v) is 5.71. The van der Waals surface area contributed by atoms with E-state index in [2.05, 4.69) is 0 Å². The number of sulfonamides is 2. The number of benzene rings is 2. The molecular formula is C15H15N3O5S2. The Kier molecular flexibility index (Phi) is 5.76. The molecule has 0 radical (unpaired) electrons. The third kappa shape index (κ3) is 4.77. The highest BCUT2D eigenvalue weighted by molar-refractivity contribution is 7.92. The molecule has 0 heterocycles. The van der Waals surface area contributed by atoms with Gasteiger partial charge in [-0.05, 0) is 55.5 Å². The van der Waals surface area contributed by atoms with Crippen LogP contribution in [0.3, 0.4) is 0 Å². The molecule has 0 atom stereocenters. The van der Waals surface area contributed by atoms with Crippen LogP contribution in [0.2, 0.25) is 0 Å². The molecule has 0 aliphatic heterocycles. The van der Waals surface area contributed by atoms with Gasteiger partial charge in [-0.25, -0.2) is 16.8 Å². The molecule has 2 aromatic carbocycles. The lowest BCUT2D eigenvalue weighted by Crippen LogP contribution is -2.41. The molecule has 0 spiro atoms. The number of ether oxygens (including phenoxy) is 1. The smallest absolute Gasteiger partial charge is 0.254 e. The molecule has 0 aromatic heterocycles. The molecule has 10 heteroatoms. The Bertz CT molecular complexity index is 977. The van der Waals surface area contributed by atoms with E-state index in [1.165, 1.54) is 48.5 Å². The van der Waals surface area contributed by atoms with E-state index in [1.807, 2.05) is 15.7 Å². The van der Waals surface area contributed by atoms with Crippen LogP contribution < -0.4 is 14.4 Å². The van der Waals surface area contributed by atoms with Gasteiger partial charge in [-0.2, -0.15) is 5.26 Å². The molecule has 8 nitrogen and oxygen atoms in total. The summed E-state index contributed by atoms with van der Waals surface area (Å²) in [6.07, 6.45) is 0. The van der Waals surface area contributed by atoms with Crippen molar-refractivity contribution in [3.8, 4) is 11.8 Å². The van der Waals surface area contributed by atoms with Gasteiger partial charge < -0.3 is 4.74 Å². The summed E-state index contributed by atoms with van der Waals surface area (Å²) in [6, 6.07) is 12.4. The normalized spacial score (nSPS) is 11.7. The van der Waals surface area contributed by atoms with E-state index in [0.717, 1.165) is 0 Å². The van der Waals surface area contributed by atoms with Crippen LogP contribution in [-0.2, 0) is 20.0 Å². The fraction of sp³-hybridized carbons (Fsp3) is 0.133. The second-order valence-corrected chi connectivity index (χ2v) is 8.12. The van der Waals surface area contributed by atoms with Crippen LogP contribution in [0.4, 0.5) is 0 Å². The van der Waals surface area contributed by atoms with Gasteiger partial charge in [0.2, 0.25) is 0 Å². The molecule has 0 saturated heterocycles. The summed E-state index contributed by atoms with van der Waals surface area (Å²) in [5.74, 6) is 0.500. The number of hydrogen-bond donors (Lipinski definition) is 2. The van der Waals surface area contributed by atoms with Crippen LogP contribution in [0, 0.1) is 11.3 Å². The maximum Gasteiger partial charge on any atom is 0.254 e. The van der Waals surface area contributed by atoms with E-state index in [1.54, 1.807) is 6.92 Å². The molecule has 0 amide bonds. The van der Waals surface area contributed by atoms with Crippen molar-refractivity contribution in [2.45, 2.75) is 16.7 Å². The monoisotopic (exact) mass is 381 g/mol. The fourth-order valence-corrected chi connectivity index (χ4v) is 3.92. The van der Waals surface area contributed by atoms with Gasteiger partial charge in [0, 0.05) is 0 Å². The third-order valence-electron chi connectivity index (χ3n) is 3.05. The summed E-state index contributed by atoms with van der Waals surface area (Å²) >= 11 is 0. The molecule has 2 rings (SSSR count). The fourth-order valence-electron chi connectivity index (χ4n) is 1.82. The van der Waals surface area contributed by atoms with Crippen molar-refractivity contribution in [3.05, 3.63) is 54.1 Å². The van der Waals surface area contributed by atoms with Crippen molar-refractivity contribution in [1.82, 2.24) is 9.66 Å². The summed E-state index contributed by atoms with van der Waals surface area (Å²) in [6.45, 7) is 2.24. The molecule has 132 valence electrons. The lowest BCUT2D eigenvalue weighted by Gasteiger charge is -2.10. The first-order valence-electron chi connectivity index (χ1n) is 7.05. The largest absolute Gasteiger partial charge is 0.494 e. The van der Waals surface area contributed by atoms with Gasteiger partial charge in [0.05, 0.1) is 28.0 Å². The van der Waals surface area contributed by atoms with Crippen LogP contribution in [0.5, 0.6) is 5.75 Å². The zero-order chi connectivity index (χ0) is 18.5. The van der Waals surface area contributed by atoms with Gasteiger partial charge in [-0.15, -0.1) is 9.66 Å². The summed E-state index contributed by atoms with van der Waals surface area (Å²) in [5, 5.41) is 8.70. The van der Waals surface area contributed by atoms with Gasteiger partial charge in [0.15, 0.2) is 0 Å². The maximum atomic E-state index is 12.2. The first kappa shape index (κ1) is 18.9. The van der Waals surface area contributed by atoms with Crippen molar-refractivity contribution in [1.29, 1.82) is 5.26 Å². The van der Waals surface area contributed by atoms with E-state index < -0.39 is 20.0 Å². The molecule has 0 saturated carbocycles. The Balaban J connectivity index is 2.13. The molecule has 0 aliphatic rings. The number of nitrogens with one attached hydrogen (secondary N) is 2. The van der Waals surface area contributed by atoms with Gasteiger partial charge >= 0.3 is 0 Å². The van der Waals surface area contributed by atoms with Crippen LogP contribution in [-0.4, -0.2) is 23.4 Å². The van der Waals surface area contributed by atoms with Crippen molar-refractivity contribution >= 4 is 20.0 Å². The van der Waals surface area contributed by atoms with Gasteiger partial charge in [-0.3, -0.25) is 0 Å². The number of nitriles is 1. The van der Waals surface area contributed by atoms with Crippen molar-refractivity contribution in [3.63, 3.8) is 0 Å². The molecular weight excluding hydrogens is 366 g/mol. The summed E-state index contributed by atoms with van der Waals surface area (Å²) < 4.78 is 53.7. The lowest BCUT2D eigenvalue weighted by molar-refractivity contribution is 0.340. The Morgan fingerprint density at radius 3 is 1.72 bits per heavy atom. The zero-order valence-electron chi connectivity index (χ0n) is 13.1. The summed E-state index contributed by atoms with van der Waals surface area (Å²) in [7, 11) is -8.21. The minimum atomic E-state index is -4.12. The lowest BCUT2D eigenvalue weighted by atomic mass is 10.2. The Hall–Kier alpha value is -2.45. The van der Waals surface area contributed by atoms with E-state index >= 15 is 0 Å². The highest BCUT2D eigenvalue weighted by atomic mass is 32.2. The molecule has 2 aromatic rings. The maximum absolute atomic E-state index is 12.2. The van der Waals surface area contributed by atoms with E-state index in [4.69, 9.17) is 10.00 Å². The first-order valence-corrected chi connectivity index (χ1v) is 10.0. The highest BCUT2D eigenvalue weighted by Crippen LogP contribution is 2.16. The first-order chi connectivity index (χ1) is 11.8. The van der Waals surface area contributed by atoms with Crippen LogP contribution >= 0.6 is 0 Å². The average molecular weight is 381 g/mol. The highest BCUT2D eigenvalue weighted by Gasteiger charge is 2.20. The second kappa shape index (κ2) is 7.62. The van der Waals surface area contributed by atoms with Gasteiger partial charge in [0.25, 0.3) is 20.0 Å². The van der Waals surface area contributed by atoms with Crippen molar-refractivity contribution in [2.24, 2.45) is 0 Å². The molecule has 25 heavy (non-hydrogen) atoms. The quantitative estimate of drug-likeness (QED) is 0.693.